The molecule has 3 heteroatoms. The average molecular weight is 231 g/mol. The maximum atomic E-state index is 11.1. The lowest BCUT2D eigenvalue weighted by Gasteiger charge is -2.24. The molecule has 0 unspecified atom stereocenters. The van der Waals surface area contributed by atoms with Crippen molar-refractivity contribution in [3.63, 3.8) is 0 Å². The molecule has 0 amide bonds. The fourth-order valence-electron chi connectivity index (χ4n) is 2.32. The number of hydrogen-bond acceptors (Lipinski definition) is 2. The van der Waals surface area contributed by atoms with Gasteiger partial charge in [0.2, 0.25) is 0 Å². The highest BCUT2D eigenvalue weighted by Crippen LogP contribution is 2.23. The van der Waals surface area contributed by atoms with Crippen LogP contribution in [0, 0.1) is 0 Å². The van der Waals surface area contributed by atoms with Gasteiger partial charge in [-0.15, -0.1) is 0 Å². The van der Waals surface area contributed by atoms with Gasteiger partial charge in [-0.25, -0.2) is 4.79 Å². The van der Waals surface area contributed by atoms with Crippen LogP contribution < -0.4 is 0 Å². The van der Waals surface area contributed by atoms with E-state index in [1.807, 2.05) is 48.2 Å². The maximum Gasteiger partial charge on any atom is 0.326 e. The Morgan fingerprint density at radius 3 is 2.76 bits per heavy atom. The Labute approximate surface area is 101 Å². The maximum absolute atomic E-state index is 11.1. The van der Waals surface area contributed by atoms with Crippen LogP contribution in [0.1, 0.15) is 25.3 Å². The number of carboxylic acids is 1. The van der Waals surface area contributed by atoms with Gasteiger partial charge in [-0.1, -0.05) is 30.3 Å². The molecule has 0 aromatic heterocycles. The van der Waals surface area contributed by atoms with Crippen molar-refractivity contribution in [1.82, 2.24) is 4.90 Å². The molecular weight excluding hydrogens is 214 g/mol. The standard InChI is InChI=1S/C14H17NO2/c1-11(10-12-6-3-2-4-7-12)15-9-5-8-13(15)14(16)17/h2-4,6-7,10,13H,5,8-9H2,1H3,(H,16,17)/b11-10+/t13-/m0/s1. The lowest BCUT2D eigenvalue weighted by molar-refractivity contribution is -0.141. The van der Waals surface area contributed by atoms with Crippen LogP contribution in [0.3, 0.4) is 0 Å². The topological polar surface area (TPSA) is 40.5 Å². The number of nitrogens with zero attached hydrogens (tertiary/aromatic N) is 1. The van der Waals surface area contributed by atoms with Crippen molar-refractivity contribution in [3.05, 3.63) is 41.6 Å². The van der Waals surface area contributed by atoms with Crippen LogP contribution in [0.25, 0.3) is 6.08 Å². The van der Waals surface area contributed by atoms with Crippen molar-refractivity contribution in [1.29, 1.82) is 0 Å². The Morgan fingerprint density at radius 2 is 2.12 bits per heavy atom. The normalized spacial score (nSPS) is 20.6. The van der Waals surface area contributed by atoms with Gasteiger partial charge in [-0.05, 0) is 31.4 Å². The zero-order chi connectivity index (χ0) is 12.3. The largest absolute Gasteiger partial charge is 0.480 e. The van der Waals surface area contributed by atoms with E-state index in [0.717, 1.165) is 30.6 Å². The first-order chi connectivity index (χ1) is 8.18. The summed E-state index contributed by atoms with van der Waals surface area (Å²) in [6.07, 6.45) is 3.74. The van der Waals surface area contributed by atoms with Crippen molar-refractivity contribution in [2.45, 2.75) is 25.8 Å². The molecule has 1 aliphatic heterocycles. The highest BCUT2D eigenvalue weighted by atomic mass is 16.4. The van der Waals surface area contributed by atoms with Gasteiger partial charge in [0.05, 0.1) is 0 Å². The van der Waals surface area contributed by atoms with Crippen LogP contribution in [0.2, 0.25) is 0 Å². The summed E-state index contributed by atoms with van der Waals surface area (Å²) in [4.78, 5) is 13.1. The molecule has 3 nitrogen and oxygen atoms in total. The van der Waals surface area contributed by atoms with Crippen LogP contribution >= 0.6 is 0 Å². The summed E-state index contributed by atoms with van der Waals surface area (Å²) in [6, 6.07) is 9.64. The minimum atomic E-state index is -0.719. The van der Waals surface area contributed by atoms with Gasteiger partial charge < -0.3 is 10.0 Å². The van der Waals surface area contributed by atoms with Crippen molar-refractivity contribution >= 4 is 12.0 Å². The van der Waals surface area contributed by atoms with Gasteiger partial charge in [-0.3, -0.25) is 0 Å². The summed E-state index contributed by atoms with van der Waals surface area (Å²) in [5, 5.41) is 9.13. The molecule has 90 valence electrons. The van der Waals surface area contributed by atoms with E-state index in [4.69, 9.17) is 5.11 Å². The monoisotopic (exact) mass is 231 g/mol. The SMILES string of the molecule is C/C(=C\c1ccccc1)N1CCC[C@H]1C(=O)O. The highest BCUT2D eigenvalue weighted by molar-refractivity contribution is 5.74. The van der Waals surface area contributed by atoms with Gasteiger partial charge in [0.15, 0.2) is 0 Å². The van der Waals surface area contributed by atoms with E-state index in [9.17, 15) is 4.79 Å². The van der Waals surface area contributed by atoms with Gasteiger partial charge in [0.1, 0.15) is 6.04 Å². The van der Waals surface area contributed by atoms with Crippen molar-refractivity contribution < 1.29 is 9.90 Å². The molecule has 0 spiro atoms. The number of carboxylic acid groups (broad SMARTS) is 1. The van der Waals surface area contributed by atoms with E-state index in [2.05, 4.69) is 0 Å². The second kappa shape index (κ2) is 5.04. The van der Waals surface area contributed by atoms with Crippen LogP contribution in [0.4, 0.5) is 0 Å². The number of likely N-dealkylation sites (tertiary alicyclic amines) is 1. The molecule has 0 bridgehead atoms. The number of hydrogen-bond donors (Lipinski definition) is 1. The Balaban J connectivity index is 2.17. The highest BCUT2D eigenvalue weighted by Gasteiger charge is 2.30. The Kier molecular flexibility index (Phi) is 3.47. The third-order valence-corrected chi connectivity index (χ3v) is 3.17. The van der Waals surface area contributed by atoms with Gasteiger partial charge in [-0.2, -0.15) is 0 Å². The Bertz CT molecular complexity index is 425. The molecule has 17 heavy (non-hydrogen) atoms. The number of rotatable bonds is 3. The first-order valence-electron chi connectivity index (χ1n) is 5.91. The third-order valence-electron chi connectivity index (χ3n) is 3.17. The summed E-state index contributed by atoms with van der Waals surface area (Å²) in [6.45, 7) is 2.82. The quantitative estimate of drug-likeness (QED) is 0.869. The van der Waals surface area contributed by atoms with E-state index >= 15 is 0 Å². The first kappa shape index (κ1) is 11.7. The number of aliphatic carboxylic acids is 1. The van der Waals surface area contributed by atoms with E-state index in [1.165, 1.54) is 0 Å². The Morgan fingerprint density at radius 1 is 1.41 bits per heavy atom. The lowest BCUT2D eigenvalue weighted by Crippen LogP contribution is -2.34. The van der Waals surface area contributed by atoms with E-state index in [1.54, 1.807) is 0 Å². The molecule has 1 N–H and O–H groups in total. The number of carbonyl (C=O) groups is 1. The predicted octanol–water partition coefficient (Wildman–Crippen LogP) is 2.60. The number of benzene rings is 1. The molecule has 1 atom stereocenters. The van der Waals surface area contributed by atoms with E-state index in [-0.39, 0.29) is 6.04 Å². The Hall–Kier alpha value is -1.77. The van der Waals surface area contributed by atoms with E-state index < -0.39 is 5.97 Å². The molecule has 1 aliphatic rings. The molecule has 1 fully saturated rings. The summed E-state index contributed by atoms with van der Waals surface area (Å²) in [5.74, 6) is -0.719. The molecule has 1 aromatic rings. The fourth-order valence-corrected chi connectivity index (χ4v) is 2.32. The molecule has 1 heterocycles. The summed E-state index contributed by atoms with van der Waals surface area (Å²) >= 11 is 0. The van der Waals surface area contributed by atoms with Crippen LogP contribution in [-0.4, -0.2) is 28.6 Å². The smallest absolute Gasteiger partial charge is 0.326 e. The molecular formula is C14H17NO2. The fraction of sp³-hybridized carbons (Fsp3) is 0.357. The van der Waals surface area contributed by atoms with Crippen molar-refractivity contribution in [2.24, 2.45) is 0 Å². The van der Waals surface area contributed by atoms with Crippen LogP contribution in [0.5, 0.6) is 0 Å². The molecule has 1 aromatic carbocycles. The zero-order valence-electron chi connectivity index (χ0n) is 9.97. The molecule has 2 rings (SSSR count). The summed E-state index contributed by atoms with van der Waals surface area (Å²) in [7, 11) is 0. The molecule has 0 aliphatic carbocycles. The van der Waals surface area contributed by atoms with E-state index in [0.29, 0.717) is 0 Å². The molecule has 0 radical (unpaired) electrons. The average Bonchev–Trinajstić information content (AvgIpc) is 2.79. The second-order valence-corrected chi connectivity index (χ2v) is 4.39. The summed E-state index contributed by atoms with van der Waals surface area (Å²) in [5.41, 5.74) is 2.14. The summed E-state index contributed by atoms with van der Waals surface area (Å²) < 4.78 is 0. The molecule has 1 saturated heterocycles. The van der Waals surface area contributed by atoms with Gasteiger partial charge in [0.25, 0.3) is 0 Å². The lowest BCUT2D eigenvalue weighted by atomic mass is 10.1. The molecule has 0 saturated carbocycles. The minimum Gasteiger partial charge on any atom is -0.480 e. The third kappa shape index (κ3) is 2.67. The van der Waals surface area contributed by atoms with Crippen LogP contribution in [0.15, 0.2) is 36.0 Å². The minimum absolute atomic E-state index is 0.352. The van der Waals surface area contributed by atoms with Crippen molar-refractivity contribution in [3.8, 4) is 0 Å². The first-order valence-corrected chi connectivity index (χ1v) is 5.91. The number of allylic oxidation sites excluding steroid dienone is 1. The van der Waals surface area contributed by atoms with Gasteiger partial charge >= 0.3 is 5.97 Å². The van der Waals surface area contributed by atoms with Crippen molar-refractivity contribution in [2.75, 3.05) is 6.54 Å². The van der Waals surface area contributed by atoms with Crippen LogP contribution in [-0.2, 0) is 4.79 Å². The van der Waals surface area contributed by atoms with Gasteiger partial charge in [0, 0.05) is 12.2 Å². The zero-order valence-corrected chi connectivity index (χ0v) is 9.97. The predicted molar refractivity (Wildman–Crippen MR) is 67.5 cm³/mol. The second-order valence-electron chi connectivity index (χ2n) is 4.39.